The maximum Gasteiger partial charge on any atom is 0.339 e. The molecule has 0 heterocycles. The number of carboxylic acids is 1. The van der Waals surface area contributed by atoms with Crippen LogP contribution in [0.5, 0.6) is 5.75 Å². The van der Waals surface area contributed by atoms with E-state index in [1.807, 2.05) is 19.2 Å². The van der Waals surface area contributed by atoms with Crippen molar-refractivity contribution in [3.05, 3.63) is 27.7 Å². The third-order valence-corrected chi connectivity index (χ3v) is 3.04. The number of carbonyl (C=O) groups is 1. The van der Waals surface area contributed by atoms with E-state index in [0.29, 0.717) is 12.4 Å². The van der Waals surface area contributed by atoms with E-state index in [-0.39, 0.29) is 5.56 Å². The molecule has 0 spiro atoms. The number of carboxylic acid groups (broad SMARTS) is 1. The van der Waals surface area contributed by atoms with Crippen molar-refractivity contribution in [2.24, 2.45) is 0 Å². The molecule has 0 bridgehead atoms. The van der Waals surface area contributed by atoms with Gasteiger partial charge < -0.3 is 9.84 Å². The summed E-state index contributed by atoms with van der Waals surface area (Å²) in [7, 11) is 0. The number of hydrogen-bond acceptors (Lipinski definition) is 3. The van der Waals surface area contributed by atoms with Gasteiger partial charge in [-0.2, -0.15) is 11.8 Å². The molecule has 1 rings (SSSR count). The normalized spacial score (nSPS) is 10.2. The number of hydrogen-bond donors (Lipinski definition) is 1. The van der Waals surface area contributed by atoms with Crippen molar-refractivity contribution >= 4 is 33.7 Å². The van der Waals surface area contributed by atoms with Gasteiger partial charge in [0.15, 0.2) is 0 Å². The smallest absolute Gasteiger partial charge is 0.339 e. The molecular weight excluding hydrogens is 292 g/mol. The zero-order chi connectivity index (χ0) is 12.1. The Hall–Kier alpha value is -0.680. The van der Waals surface area contributed by atoms with E-state index in [4.69, 9.17) is 9.84 Å². The average molecular weight is 305 g/mol. The highest BCUT2D eigenvalue weighted by atomic mass is 79.9. The SMILES string of the molecule is CSCCOc1c(C)cc(Br)cc1C(=O)O. The van der Waals surface area contributed by atoms with E-state index in [1.165, 1.54) is 0 Å². The van der Waals surface area contributed by atoms with Crippen LogP contribution < -0.4 is 4.74 Å². The van der Waals surface area contributed by atoms with E-state index >= 15 is 0 Å². The molecular formula is C11H13BrO3S. The van der Waals surface area contributed by atoms with Crippen molar-refractivity contribution in [2.75, 3.05) is 18.6 Å². The fourth-order valence-electron chi connectivity index (χ4n) is 1.31. The molecule has 0 aliphatic heterocycles. The number of aromatic carboxylic acids is 1. The Morgan fingerprint density at radius 2 is 2.25 bits per heavy atom. The molecule has 5 heteroatoms. The third-order valence-electron chi connectivity index (χ3n) is 2.00. The minimum atomic E-state index is -0.969. The van der Waals surface area contributed by atoms with Crippen molar-refractivity contribution in [3.8, 4) is 5.75 Å². The highest BCUT2D eigenvalue weighted by molar-refractivity contribution is 9.10. The van der Waals surface area contributed by atoms with E-state index in [0.717, 1.165) is 15.8 Å². The summed E-state index contributed by atoms with van der Waals surface area (Å²) >= 11 is 4.94. The number of thioether (sulfide) groups is 1. The molecule has 1 aromatic rings. The lowest BCUT2D eigenvalue weighted by Gasteiger charge is -2.12. The Morgan fingerprint density at radius 3 is 2.81 bits per heavy atom. The van der Waals surface area contributed by atoms with Gasteiger partial charge in [-0.25, -0.2) is 4.79 Å². The van der Waals surface area contributed by atoms with Crippen LogP contribution in [0.25, 0.3) is 0 Å². The second-order valence-corrected chi connectivity index (χ2v) is 5.15. The topological polar surface area (TPSA) is 46.5 Å². The second-order valence-electron chi connectivity index (χ2n) is 3.25. The summed E-state index contributed by atoms with van der Waals surface area (Å²) in [4.78, 5) is 11.1. The Morgan fingerprint density at radius 1 is 1.56 bits per heavy atom. The molecule has 16 heavy (non-hydrogen) atoms. The van der Waals surface area contributed by atoms with Crippen LogP contribution in [0, 0.1) is 6.92 Å². The Balaban J connectivity index is 2.99. The van der Waals surface area contributed by atoms with E-state index in [9.17, 15) is 4.79 Å². The lowest BCUT2D eigenvalue weighted by atomic mass is 10.1. The Labute approximate surface area is 107 Å². The zero-order valence-electron chi connectivity index (χ0n) is 9.12. The Bertz CT molecular complexity index is 393. The Kier molecular flexibility index (Phi) is 5.15. The van der Waals surface area contributed by atoms with Gasteiger partial charge in [0.25, 0.3) is 0 Å². The van der Waals surface area contributed by atoms with E-state index in [2.05, 4.69) is 15.9 Å². The maximum atomic E-state index is 11.1. The molecule has 0 fully saturated rings. The minimum absolute atomic E-state index is 0.202. The van der Waals surface area contributed by atoms with Gasteiger partial charge in [-0.3, -0.25) is 0 Å². The molecule has 1 aromatic carbocycles. The highest BCUT2D eigenvalue weighted by Gasteiger charge is 2.14. The molecule has 0 saturated heterocycles. The van der Waals surface area contributed by atoms with Crippen LogP contribution in [0.4, 0.5) is 0 Å². The standard InChI is InChI=1S/C11H13BrO3S/c1-7-5-8(12)6-9(11(13)14)10(7)15-3-4-16-2/h5-6H,3-4H2,1-2H3,(H,13,14). The number of halogens is 1. The van der Waals surface area contributed by atoms with Gasteiger partial charge in [0.1, 0.15) is 11.3 Å². The summed E-state index contributed by atoms with van der Waals surface area (Å²) in [5.41, 5.74) is 1.03. The second kappa shape index (κ2) is 6.15. The van der Waals surface area contributed by atoms with Crippen LogP contribution in [0.1, 0.15) is 15.9 Å². The van der Waals surface area contributed by atoms with Crippen LogP contribution in [0.3, 0.4) is 0 Å². The van der Waals surface area contributed by atoms with Crippen LogP contribution in [-0.2, 0) is 0 Å². The zero-order valence-corrected chi connectivity index (χ0v) is 11.5. The molecule has 0 amide bonds. The van der Waals surface area contributed by atoms with Gasteiger partial charge in [-0.1, -0.05) is 15.9 Å². The monoisotopic (exact) mass is 304 g/mol. The summed E-state index contributed by atoms with van der Waals surface area (Å²) in [6.45, 7) is 2.36. The van der Waals surface area contributed by atoms with Gasteiger partial charge in [0.2, 0.25) is 0 Å². The van der Waals surface area contributed by atoms with Crippen LogP contribution in [0.2, 0.25) is 0 Å². The van der Waals surface area contributed by atoms with Crippen molar-refractivity contribution in [1.82, 2.24) is 0 Å². The van der Waals surface area contributed by atoms with E-state index in [1.54, 1.807) is 17.8 Å². The van der Waals surface area contributed by atoms with Crippen molar-refractivity contribution in [1.29, 1.82) is 0 Å². The maximum absolute atomic E-state index is 11.1. The minimum Gasteiger partial charge on any atom is -0.492 e. The molecule has 0 radical (unpaired) electrons. The first kappa shape index (κ1) is 13.4. The largest absolute Gasteiger partial charge is 0.492 e. The number of rotatable bonds is 5. The molecule has 3 nitrogen and oxygen atoms in total. The van der Waals surface area contributed by atoms with Crippen LogP contribution in [-0.4, -0.2) is 29.7 Å². The van der Waals surface area contributed by atoms with Gasteiger partial charge in [-0.15, -0.1) is 0 Å². The summed E-state index contributed by atoms with van der Waals surface area (Å²) in [5.74, 6) is 0.336. The fourth-order valence-corrected chi connectivity index (χ4v) is 2.13. The van der Waals surface area contributed by atoms with Gasteiger partial charge in [0, 0.05) is 10.2 Å². The summed E-state index contributed by atoms with van der Waals surface area (Å²) in [6.07, 6.45) is 1.98. The number of ether oxygens (including phenoxy) is 1. The molecule has 0 aromatic heterocycles. The molecule has 1 N–H and O–H groups in total. The van der Waals surface area contributed by atoms with Crippen LogP contribution in [0.15, 0.2) is 16.6 Å². The summed E-state index contributed by atoms with van der Waals surface area (Å²) in [6, 6.07) is 3.41. The fraction of sp³-hybridized carbons (Fsp3) is 0.364. The predicted octanol–water partition coefficient (Wildman–Crippen LogP) is 3.20. The average Bonchev–Trinajstić information content (AvgIpc) is 2.20. The molecule has 0 aliphatic rings. The first-order valence-corrected chi connectivity index (χ1v) is 6.90. The summed E-state index contributed by atoms with van der Waals surface area (Å²) < 4.78 is 6.25. The van der Waals surface area contributed by atoms with Crippen LogP contribution >= 0.6 is 27.7 Å². The number of aryl methyl sites for hydroxylation is 1. The van der Waals surface area contributed by atoms with Gasteiger partial charge in [-0.05, 0) is 30.9 Å². The molecule has 88 valence electrons. The predicted molar refractivity (Wildman–Crippen MR) is 69.7 cm³/mol. The third kappa shape index (κ3) is 3.42. The molecule has 0 saturated carbocycles. The van der Waals surface area contributed by atoms with Gasteiger partial charge in [0.05, 0.1) is 6.61 Å². The highest BCUT2D eigenvalue weighted by Crippen LogP contribution is 2.28. The lowest BCUT2D eigenvalue weighted by molar-refractivity contribution is 0.0692. The quantitative estimate of drug-likeness (QED) is 0.849. The first-order valence-electron chi connectivity index (χ1n) is 4.71. The van der Waals surface area contributed by atoms with E-state index < -0.39 is 5.97 Å². The van der Waals surface area contributed by atoms with Crippen molar-refractivity contribution in [2.45, 2.75) is 6.92 Å². The first-order chi connectivity index (χ1) is 7.56. The molecule has 0 atom stereocenters. The van der Waals surface area contributed by atoms with Crippen molar-refractivity contribution in [3.63, 3.8) is 0 Å². The molecule has 0 aliphatic carbocycles. The molecule has 0 unspecified atom stereocenters. The lowest BCUT2D eigenvalue weighted by Crippen LogP contribution is -2.07. The van der Waals surface area contributed by atoms with Gasteiger partial charge >= 0.3 is 5.97 Å². The van der Waals surface area contributed by atoms with Crippen molar-refractivity contribution < 1.29 is 14.6 Å². The summed E-state index contributed by atoms with van der Waals surface area (Å²) in [5, 5.41) is 9.07. The number of benzene rings is 1.